The molecular weight excluding hydrogens is 656 g/mol. The summed E-state index contributed by atoms with van der Waals surface area (Å²) in [6.07, 6.45) is -4.58. The summed E-state index contributed by atoms with van der Waals surface area (Å²) in [4.78, 5) is 43.1. The Morgan fingerprint density at radius 1 is 0.872 bits per heavy atom. The molecule has 0 radical (unpaired) electrons. The molecule has 5 rings (SSSR count). The van der Waals surface area contributed by atoms with Crippen LogP contribution >= 0.6 is 11.6 Å². The molecule has 2 aromatic carbocycles. The molecule has 0 saturated carbocycles. The van der Waals surface area contributed by atoms with Gasteiger partial charge >= 0.3 is 30.0 Å². The first kappa shape index (κ1) is 35.4. The minimum absolute atomic E-state index is 0.184. The van der Waals surface area contributed by atoms with Gasteiger partial charge in [-0.1, -0.05) is 30.2 Å². The van der Waals surface area contributed by atoms with Gasteiger partial charge in [0.05, 0.1) is 6.20 Å². The first-order valence-electron chi connectivity index (χ1n) is 14.5. The first-order chi connectivity index (χ1) is 22.2. The van der Waals surface area contributed by atoms with Crippen LogP contribution in [0.5, 0.6) is 0 Å². The van der Waals surface area contributed by atoms with Crippen LogP contribution in [0, 0.1) is 0 Å². The fraction of sp³-hybridized carbons (Fsp3) is 0.367. The van der Waals surface area contributed by atoms with Gasteiger partial charge in [0.15, 0.2) is 5.82 Å². The number of Topliss-reactive ketones (excluding diaryl/α,β-unsaturated/α-hetero) is 2. The summed E-state index contributed by atoms with van der Waals surface area (Å²) in [7, 11) is 0. The average molecular weight is 686 g/mol. The molecule has 0 atom stereocenters. The fourth-order valence-electron chi connectivity index (χ4n) is 4.80. The van der Waals surface area contributed by atoms with E-state index in [0.717, 1.165) is 55.1 Å². The number of benzene rings is 2. The van der Waals surface area contributed by atoms with Crippen molar-refractivity contribution in [3.8, 4) is 0 Å². The van der Waals surface area contributed by atoms with Crippen LogP contribution in [0.2, 0.25) is 5.02 Å². The monoisotopic (exact) mass is 685 g/mol. The number of fused-ring (bicyclic) bond motifs is 6. The Morgan fingerprint density at radius 3 is 2.23 bits per heavy atom. The van der Waals surface area contributed by atoms with Gasteiger partial charge in [0.1, 0.15) is 5.02 Å². The van der Waals surface area contributed by atoms with E-state index in [1.54, 1.807) is 6.20 Å². The summed E-state index contributed by atoms with van der Waals surface area (Å²) in [5.41, 5.74) is 4.76. The van der Waals surface area contributed by atoms with E-state index >= 15 is 0 Å². The van der Waals surface area contributed by atoms with Gasteiger partial charge in [-0.2, -0.15) is 31.3 Å². The van der Waals surface area contributed by atoms with E-state index in [-0.39, 0.29) is 6.03 Å². The lowest BCUT2D eigenvalue weighted by atomic mass is 10.0. The number of anilines is 5. The Balaban J connectivity index is 0.000000356. The zero-order valence-corrected chi connectivity index (χ0v) is 25.5. The quantitative estimate of drug-likeness (QED) is 0.175. The van der Waals surface area contributed by atoms with Crippen molar-refractivity contribution in [1.82, 2.24) is 20.2 Å². The lowest BCUT2D eigenvalue weighted by Gasteiger charge is -2.26. The summed E-state index contributed by atoms with van der Waals surface area (Å²) in [5.74, 6) is -5.83. The highest BCUT2D eigenvalue weighted by Crippen LogP contribution is 2.29. The second-order valence-corrected chi connectivity index (χ2v) is 11.1. The molecule has 1 fully saturated rings. The molecule has 1 aromatic heterocycles. The van der Waals surface area contributed by atoms with E-state index in [4.69, 9.17) is 11.6 Å². The number of nitrogens with zero attached hydrogens (tertiary/aromatic N) is 3. The van der Waals surface area contributed by atoms with Crippen LogP contribution < -0.4 is 21.3 Å². The molecule has 0 aliphatic carbocycles. The number of nitrogens with one attached hydrogen (secondary N) is 4. The molecule has 0 spiro atoms. The maximum absolute atomic E-state index is 12.7. The number of alkyl halides is 6. The maximum atomic E-state index is 12.7. The summed E-state index contributed by atoms with van der Waals surface area (Å²) in [5, 5.41) is 13.0. The van der Waals surface area contributed by atoms with Crippen LogP contribution in [-0.4, -0.2) is 71.0 Å². The topological polar surface area (TPSA) is 128 Å². The van der Waals surface area contributed by atoms with Crippen LogP contribution in [0.25, 0.3) is 0 Å². The fourth-order valence-corrected chi connectivity index (χ4v) is 4.94. The molecule has 17 heteroatoms. The number of urea groups is 1. The molecule has 2 aliphatic rings. The van der Waals surface area contributed by atoms with Gasteiger partial charge < -0.3 is 26.2 Å². The number of piperidine rings is 1. The Morgan fingerprint density at radius 2 is 1.55 bits per heavy atom. The predicted molar refractivity (Wildman–Crippen MR) is 163 cm³/mol. The Kier molecular flexibility index (Phi) is 11.6. The van der Waals surface area contributed by atoms with Crippen molar-refractivity contribution in [2.75, 3.05) is 42.1 Å². The number of halogens is 7. The van der Waals surface area contributed by atoms with Gasteiger partial charge in [-0.15, -0.1) is 0 Å². The first-order valence-corrected chi connectivity index (χ1v) is 14.8. The molecule has 6 bridgehead atoms. The van der Waals surface area contributed by atoms with E-state index in [9.17, 15) is 40.7 Å². The lowest BCUT2D eigenvalue weighted by molar-refractivity contribution is -0.193. The van der Waals surface area contributed by atoms with Gasteiger partial charge in [-0.25, -0.2) is 9.78 Å². The third kappa shape index (κ3) is 10.5. The van der Waals surface area contributed by atoms with Crippen LogP contribution in [0.3, 0.4) is 0 Å². The summed E-state index contributed by atoms with van der Waals surface area (Å²) in [6, 6.07) is 13.9. The maximum Gasteiger partial charge on any atom is 0.458 e. The van der Waals surface area contributed by atoms with Crippen molar-refractivity contribution in [3.05, 3.63) is 64.8 Å². The standard InChI is InChI=1S/C26H30ClN7O.C4F6O2/c27-22-17-29-25-31-20-6-4-5-18(15-20)7-8-19-16-21(30-24(22)33-25)9-10-23(19)32-26(35)28-11-14-34-12-2-1-3-13-34;5-3(6,7)1(11)2(12)4(8,9)10/h4-6,9-10,15-17H,1-3,7-8,11-14H2,(H2,28,32,35)(H2,29,30,31,33);. The van der Waals surface area contributed by atoms with Gasteiger partial charge in [0.2, 0.25) is 5.95 Å². The predicted octanol–water partition coefficient (Wildman–Crippen LogP) is 6.57. The van der Waals surface area contributed by atoms with Crippen molar-refractivity contribution in [3.63, 3.8) is 0 Å². The van der Waals surface area contributed by atoms with Gasteiger partial charge in [0, 0.05) is 30.2 Å². The highest BCUT2D eigenvalue weighted by atomic mass is 35.5. The number of carbonyl (C=O) groups is 3. The smallest absolute Gasteiger partial charge is 0.339 e. The van der Waals surface area contributed by atoms with Crippen LogP contribution in [0.15, 0.2) is 48.7 Å². The molecule has 252 valence electrons. The van der Waals surface area contributed by atoms with Crippen LogP contribution in [0.4, 0.5) is 60.0 Å². The molecule has 2 aliphatic heterocycles. The number of aryl methyl sites for hydroxylation is 2. The van der Waals surface area contributed by atoms with Crippen molar-refractivity contribution in [2.24, 2.45) is 0 Å². The molecule has 4 N–H and O–H groups in total. The van der Waals surface area contributed by atoms with E-state index in [2.05, 4.69) is 48.3 Å². The number of ketones is 2. The molecule has 47 heavy (non-hydrogen) atoms. The molecule has 10 nitrogen and oxygen atoms in total. The lowest BCUT2D eigenvalue weighted by Crippen LogP contribution is -2.39. The van der Waals surface area contributed by atoms with E-state index in [0.29, 0.717) is 23.3 Å². The van der Waals surface area contributed by atoms with Crippen molar-refractivity contribution < 1.29 is 40.7 Å². The van der Waals surface area contributed by atoms with Gasteiger partial charge in [-0.05, 0) is 80.2 Å². The number of hydrogen-bond acceptors (Lipinski definition) is 8. The normalized spacial score (nSPS) is 14.8. The molecular formula is C30H30ClF6N7O3. The number of rotatable bonds is 5. The van der Waals surface area contributed by atoms with Crippen LogP contribution in [0.1, 0.15) is 30.4 Å². The Labute approximate surface area is 270 Å². The molecule has 2 amide bonds. The number of aromatic nitrogens is 2. The Hall–Kier alpha value is -4.44. The number of hydrogen-bond donors (Lipinski definition) is 4. The minimum atomic E-state index is -5.77. The van der Waals surface area contributed by atoms with Crippen LogP contribution in [-0.2, 0) is 22.4 Å². The molecule has 3 heterocycles. The van der Waals surface area contributed by atoms with E-state index in [1.165, 1.54) is 24.8 Å². The van der Waals surface area contributed by atoms with Crippen molar-refractivity contribution in [1.29, 1.82) is 0 Å². The zero-order chi connectivity index (χ0) is 34.2. The summed E-state index contributed by atoms with van der Waals surface area (Å²) in [6.45, 7) is 3.76. The number of likely N-dealkylation sites (tertiary alicyclic amines) is 1. The van der Waals surface area contributed by atoms with Crippen molar-refractivity contribution in [2.45, 2.75) is 44.5 Å². The number of carbonyl (C=O) groups excluding carboxylic acids is 3. The molecule has 0 unspecified atom stereocenters. The molecule has 3 aromatic rings. The van der Waals surface area contributed by atoms with Gasteiger partial charge in [-0.3, -0.25) is 9.59 Å². The summed E-state index contributed by atoms with van der Waals surface area (Å²) >= 11 is 6.35. The Bertz CT molecular complexity index is 1570. The second-order valence-electron chi connectivity index (χ2n) is 10.6. The second kappa shape index (κ2) is 15.4. The summed E-state index contributed by atoms with van der Waals surface area (Å²) < 4.78 is 67.0. The SMILES string of the molecule is O=C(C(=O)C(F)(F)F)C(F)(F)F.O=C(NCCN1CCCCC1)Nc1ccc2cc1CCc1cccc(c1)Nc1ncc(Cl)c(n1)N2. The highest BCUT2D eigenvalue weighted by Gasteiger charge is 2.54. The van der Waals surface area contributed by atoms with E-state index < -0.39 is 23.9 Å². The highest BCUT2D eigenvalue weighted by molar-refractivity contribution is 6.41. The van der Waals surface area contributed by atoms with E-state index in [1.807, 2.05) is 30.3 Å². The minimum Gasteiger partial charge on any atom is -0.339 e. The largest absolute Gasteiger partial charge is 0.458 e. The van der Waals surface area contributed by atoms with Gasteiger partial charge in [0.25, 0.3) is 0 Å². The number of amides is 2. The average Bonchev–Trinajstić information content (AvgIpc) is 3.02. The zero-order valence-electron chi connectivity index (χ0n) is 24.7. The third-order valence-corrected chi connectivity index (χ3v) is 7.39. The van der Waals surface area contributed by atoms with Crippen molar-refractivity contribution >= 4 is 58.0 Å². The molecule has 1 saturated heterocycles. The third-order valence-electron chi connectivity index (χ3n) is 7.11.